The zero-order valence-corrected chi connectivity index (χ0v) is 25.6. The van der Waals surface area contributed by atoms with Crippen LogP contribution in [0.4, 0.5) is 0 Å². The lowest BCUT2D eigenvalue weighted by Gasteiger charge is -2.61. The number of hydrogen-bond donors (Lipinski definition) is 1. The van der Waals surface area contributed by atoms with Crippen molar-refractivity contribution >= 4 is 29.5 Å². The summed E-state index contributed by atoms with van der Waals surface area (Å²) < 4.78 is 29.0. The molecule has 6 atom stereocenters. The lowest BCUT2D eigenvalue weighted by molar-refractivity contribution is -0.157. The van der Waals surface area contributed by atoms with Crippen LogP contribution in [-0.4, -0.2) is 84.1 Å². The van der Waals surface area contributed by atoms with E-state index in [-0.39, 0.29) is 30.9 Å². The predicted octanol–water partition coefficient (Wildman–Crippen LogP) is 2.80. The fourth-order valence-electron chi connectivity index (χ4n) is 7.90. The first-order chi connectivity index (χ1) is 21.1. The number of ketones is 1. The highest BCUT2D eigenvalue weighted by Gasteiger charge is 2.60. The van der Waals surface area contributed by atoms with Gasteiger partial charge in [0, 0.05) is 41.3 Å². The van der Waals surface area contributed by atoms with Gasteiger partial charge in [-0.05, 0) is 38.4 Å². The van der Waals surface area contributed by atoms with Gasteiger partial charge in [-0.25, -0.2) is 4.79 Å². The Kier molecular flexibility index (Phi) is 6.73. The molecule has 2 fully saturated rings. The fourth-order valence-corrected chi connectivity index (χ4v) is 9.23. The molecule has 2 aromatic carbocycles. The van der Waals surface area contributed by atoms with E-state index in [1.807, 2.05) is 20.0 Å². The van der Waals surface area contributed by atoms with Gasteiger partial charge < -0.3 is 28.8 Å². The quantitative estimate of drug-likeness (QED) is 0.298. The van der Waals surface area contributed by atoms with Crippen LogP contribution >= 0.6 is 11.8 Å². The van der Waals surface area contributed by atoms with Crippen molar-refractivity contribution in [3.8, 4) is 34.8 Å². The number of cyclic esters (lactones) is 1. The molecule has 5 aliphatic heterocycles. The number of Topliss-reactive ketones (excluding diaryl/α,β-unsaturated/α-hetero) is 1. The third kappa shape index (κ3) is 3.87. The molecule has 12 nitrogen and oxygen atoms in total. The van der Waals surface area contributed by atoms with Crippen LogP contribution in [0.1, 0.15) is 57.6 Å². The maximum atomic E-state index is 12.9. The minimum Gasteiger partial charge on any atom is -0.504 e. The Labute approximate surface area is 257 Å². The third-order valence-corrected chi connectivity index (χ3v) is 10.8. The van der Waals surface area contributed by atoms with Crippen LogP contribution in [-0.2, 0) is 25.5 Å². The van der Waals surface area contributed by atoms with Gasteiger partial charge in [-0.3, -0.25) is 19.4 Å². The summed E-state index contributed by atoms with van der Waals surface area (Å²) in [6.45, 7) is 4.65. The first-order valence-corrected chi connectivity index (χ1v) is 15.4. The first kappa shape index (κ1) is 28.8. The van der Waals surface area contributed by atoms with Gasteiger partial charge in [-0.2, -0.15) is 5.26 Å². The Morgan fingerprint density at radius 3 is 2.59 bits per heavy atom. The van der Waals surface area contributed by atoms with Crippen LogP contribution in [0, 0.1) is 25.2 Å². The number of phenolic OH excluding ortho intramolecular Hbond substituents is 1. The van der Waals surface area contributed by atoms with Crippen molar-refractivity contribution in [1.29, 1.82) is 5.26 Å². The van der Waals surface area contributed by atoms with Crippen molar-refractivity contribution in [3.05, 3.63) is 39.4 Å². The molecular formula is C31H31N3O9S. The number of aryl methyl sites for hydroxylation is 1. The number of carbonyl (C=O) groups excluding carboxylic acids is 3. The number of likely N-dealkylation sites (N-methyl/N-ethyl adjacent to an activating group) is 1. The van der Waals surface area contributed by atoms with E-state index in [1.54, 1.807) is 6.92 Å². The van der Waals surface area contributed by atoms with E-state index >= 15 is 0 Å². The zero-order chi connectivity index (χ0) is 31.2. The Bertz CT molecular complexity index is 1690. The second kappa shape index (κ2) is 10.3. The van der Waals surface area contributed by atoms with Crippen LogP contribution in [0.25, 0.3) is 0 Å². The maximum absolute atomic E-state index is 12.9. The Morgan fingerprint density at radius 1 is 1.14 bits per heavy atom. The van der Waals surface area contributed by atoms with Crippen molar-refractivity contribution in [2.75, 3.05) is 33.3 Å². The summed E-state index contributed by atoms with van der Waals surface area (Å²) in [7, 11) is 3.45. The van der Waals surface area contributed by atoms with Gasteiger partial charge in [-0.15, -0.1) is 11.8 Å². The minimum absolute atomic E-state index is 0.0240. The number of fused-ring (bicyclic) bond motifs is 9. The molecule has 0 saturated carbocycles. The number of piperazine rings is 1. The molecule has 230 valence electrons. The van der Waals surface area contributed by atoms with Gasteiger partial charge in [0.15, 0.2) is 23.0 Å². The lowest BCUT2D eigenvalue weighted by atomic mass is 9.71. The second-order valence-electron chi connectivity index (χ2n) is 11.8. The van der Waals surface area contributed by atoms with Gasteiger partial charge in [0.25, 0.3) is 0 Å². The molecule has 1 unspecified atom stereocenters. The summed E-state index contributed by atoms with van der Waals surface area (Å²) in [5, 5.41) is 21.9. The van der Waals surface area contributed by atoms with Gasteiger partial charge in [-0.1, -0.05) is 6.07 Å². The molecule has 7 rings (SSSR count). The number of rotatable bonds is 2. The third-order valence-electron chi connectivity index (χ3n) is 9.54. The molecule has 1 N–H and O–H groups in total. The molecule has 5 aliphatic rings. The number of aromatic hydroxyl groups is 1. The number of benzene rings is 2. The van der Waals surface area contributed by atoms with Crippen LogP contribution in [0.2, 0.25) is 0 Å². The number of ether oxygens (including phenoxy) is 5. The molecule has 5 heterocycles. The molecule has 4 bridgehead atoms. The summed E-state index contributed by atoms with van der Waals surface area (Å²) in [4.78, 5) is 42.3. The first-order valence-electron chi connectivity index (χ1n) is 14.3. The van der Waals surface area contributed by atoms with E-state index in [9.17, 15) is 24.8 Å². The smallest absolute Gasteiger partial charge is 0.375 e. The van der Waals surface area contributed by atoms with Crippen molar-refractivity contribution in [2.45, 2.75) is 62.7 Å². The normalized spacial score (nSPS) is 28.7. The number of nitrogens with zero attached hydrogens (tertiary/aromatic N) is 3. The van der Waals surface area contributed by atoms with Crippen molar-refractivity contribution in [2.24, 2.45) is 0 Å². The van der Waals surface area contributed by atoms with Gasteiger partial charge in [0.2, 0.25) is 12.6 Å². The summed E-state index contributed by atoms with van der Waals surface area (Å²) in [5.41, 5.74) is 4.16. The highest BCUT2D eigenvalue weighted by atomic mass is 32.2. The Hall–Kier alpha value is -3.99. The van der Waals surface area contributed by atoms with Crippen LogP contribution in [0.3, 0.4) is 0 Å². The highest BCUT2D eigenvalue weighted by Crippen LogP contribution is 2.63. The Balaban J connectivity index is 1.57. The van der Waals surface area contributed by atoms with Gasteiger partial charge >= 0.3 is 11.9 Å². The molecule has 0 amide bonds. The molecule has 2 aromatic rings. The van der Waals surface area contributed by atoms with E-state index in [0.717, 1.165) is 11.1 Å². The van der Waals surface area contributed by atoms with Gasteiger partial charge in [0.05, 0.1) is 36.3 Å². The summed E-state index contributed by atoms with van der Waals surface area (Å²) in [5.74, 6) is -0.855. The highest BCUT2D eigenvalue weighted by molar-refractivity contribution is 8.00. The number of carbonyl (C=O) groups is 3. The molecule has 44 heavy (non-hydrogen) atoms. The number of nitriles is 1. The molecule has 2 saturated heterocycles. The summed E-state index contributed by atoms with van der Waals surface area (Å²) in [6, 6.07) is 1.81. The number of esters is 2. The SMILES string of the molecule is COc1c(C)cc2c(c1O)[C@@H]1[C@@H]3[C@H]4SCC(=O)C(=O)OC[C@@H](c5c6c(c(C)c(OC(C)=O)c54)OCO6)N3[C@@H](C#N)C(C2)N1C. The van der Waals surface area contributed by atoms with Crippen LogP contribution in [0.5, 0.6) is 28.7 Å². The average molecular weight is 622 g/mol. The molecule has 0 aliphatic carbocycles. The number of methoxy groups -OCH3 is 1. The van der Waals surface area contributed by atoms with Crippen LogP contribution < -0.4 is 18.9 Å². The zero-order valence-electron chi connectivity index (χ0n) is 24.8. The fraction of sp³-hybridized carbons (Fsp3) is 0.484. The standard InChI is InChI=1S/C31H31N3O9S/c1-12-6-15-7-16-17(8-32)34-18-9-40-31(38)19(36)10-44-30(24(34)23(33(16)4)20(15)25(37)26(12)39-5)22-21(18)29-28(41-11-42-29)13(2)27(22)43-14(3)35/h6,16-18,23-24,30,37H,7,9-11H2,1-5H3/t16?,17-,18-,23+,24+,30-/m0/s1. The van der Waals surface area contributed by atoms with E-state index in [0.29, 0.717) is 51.7 Å². The summed E-state index contributed by atoms with van der Waals surface area (Å²) >= 11 is 1.22. The molecule has 13 heteroatoms. The molecule has 0 aromatic heterocycles. The van der Waals surface area contributed by atoms with E-state index in [1.165, 1.54) is 25.8 Å². The van der Waals surface area contributed by atoms with Crippen molar-refractivity contribution in [1.82, 2.24) is 9.80 Å². The van der Waals surface area contributed by atoms with Gasteiger partial charge in [0.1, 0.15) is 18.4 Å². The molecule has 0 radical (unpaired) electrons. The monoisotopic (exact) mass is 621 g/mol. The van der Waals surface area contributed by atoms with E-state index < -0.39 is 47.1 Å². The summed E-state index contributed by atoms with van der Waals surface area (Å²) in [6.07, 6.45) is 0.488. The number of hydrogen-bond acceptors (Lipinski definition) is 13. The minimum atomic E-state index is -0.949. The topological polar surface area (TPSA) is 148 Å². The van der Waals surface area contributed by atoms with Crippen molar-refractivity contribution < 1.29 is 43.2 Å². The molecular weight excluding hydrogens is 590 g/mol. The maximum Gasteiger partial charge on any atom is 0.375 e. The number of thioether (sulfide) groups is 1. The second-order valence-corrected chi connectivity index (χ2v) is 12.9. The average Bonchev–Trinajstić information content (AvgIpc) is 3.47. The lowest BCUT2D eigenvalue weighted by Crippen LogP contribution is -2.69. The van der Waals surface area contributed by atoms with E-state index in [4.69, 9.17) is 23.7 Å². The largest absolute Gasteiger partial charge is 0.504 e. The molecule has 0 spiro atoms. The Morgan fingerprint density at radius 2 is 1.89 bits per heavy atom. The number of phenols is 1. The van der Waals surface area contributed by atoms with E-state index in [2.05, 4.69) is 15.9 Å². The van der Waals surface area contributed by atoms with Crippen LogP contribution in [0.15, 0.2) is 6.07 Å². The van der Waals surface area contributed by atoms with Crippen molar-refractivity contribution in [3.63, 3.8) is 0 Å². The predicted molar refractivity (Wildman–Crippen MR) is 155 cm³/mol.